The molecule has 0 aliphatic heterocycles. The highest BCUT2D eigenvalue weighted by molar-refractivity contribution is 5.92. The highest BCUT2D eigenvalue weighted by Gasteiger charge is 2.29. The van der Waals surface area contributed by atoms with Crippen molar-refractivity contribution in [3.8, 4) is 11.3 Å². The van der Waals surface area contributed by atoms with Crippen molar-refractivity contribution in [2.75, 3.05) is 19.7 Å². The summed E-state index contributed by atoms with van der Waals surface area (Å²) in [4.78, 5) is 16.8. The lowest BCUT2D eigenvalue weighted by atomic mass is 9.90. The second kappa shape index (κ2) is 13.1. The number of ether oxygens (including phenoxy) is 1. The number of aromatic nitrogens is 1. The smallest absolute Gasteiger partial charge is 0.267 e. The van der Waals surface area contributed by atoms with Crippen LogP contribution in [0.25, 0.3) is 16.8 Å². The molecule has 0 saturated heterocycles. The predicted molar refractivity (Wildman–Crippen MR) is 154 cm³/mol. The quantitative estimate of drug-likeness (QED) is 0.310. The van der Waals surface area contributed by atoms with Crippen LogP contribution in [0.5, 0.6) is 0 Å². The molecule has 3 rings (SSSR count). The maximum Gasteiger partial charge on any atom is 0.267 e. The van der Waals surface area contributed by atoms with Gasteiger partial charge in [-0.3, -0.25) is 9.78 Å². The van der Waals surface area contributed by atoms with E-state index >= 15 is 0 Å². The number of nitrogens with one attached hydrogen (secondary N) is 2. The fraction of sp³-hybridized carbons (Fsp3) is 0.500. The minimum absolute atomic E-state index is 0.0481. The summed E-state index contributed by atoms with van der Waals surface area (Å²) in [5, 5.41) is 6.28. The van der Waals surface area contributed by atoms with E-state index < -0.39 is 0 Å². The predicted octanol–water partition coefficient (Wildman–Crippen LogP) is 7.10. The van der Waals surface area contributed by atoms with E-state index in [9.17, 15) is 9.18 Å². The number of benzene rings is 1. The van der Waals surface area contributed by atoms with Gasteiger partial charge in [0.1, 0.15) is 11.6 Å². The molecule has 1 amide bonds. The van der Waals surface area contributed by atoms with Crippen molar-refractivity contribution >= 4 is 11.5 Å². The van der Waals surface area contributed by atoms with Crippen molar-refractivity contribution in [1.29, 1.82) is 0 Å². The second-order valence-electron chi connectivity index (χ2n) is 11.5. The molecule has 1 aromatic carbocycles. The van der Waals surface area contributed by atoms with E-state index in [4.69, 9.17) is 4.74 Å². The number of hydrogen-bond donors (Lipinski definition) is 2. The Kier molecular flexibility index (Phi) is 10.1. The summed E-state index contributed by atoms with van der Waals surface area (Å²) in [6, 6.07) is 7.43. The first-order valence-corrected chi connectivity index (χ1v) is 13.8. The van der Waals surface area contributed by atoms with E-state index in [0.717, 1.165) is 60.4 Å². The number of amides is 1. The summed E-state index contributed by atoms with van der Waals surface area (Å²) in [6.45, 7) is 16.8. The van der Waals surface area contributed by atoms with Crippen LogP contribution in [0.3, 0.4) is 0 Å². The van der Waals surface area contributed by atoms with Crippen molar-refractivity contribution in [3.63, 3.8) is 0 Å². The Labute approximate surface area is 228 Å². The van der Waals surface area contributed by atoms with Gasteiger partial charge >= 0.3 is 0 Å². The zero-order valence-electron chi connectivity index (χ0n) is 24.1. The topological polar surface area (TPSA) is 63.2 Å². The molecule has 0 fully saturated rings. The summed E-state index contributed by atoms with van der Waals surface area (Å²) in [6.07, 6.45) is 6.72. The van der Waals surface area contributed by atoms with Crippen LogP contribution in [-0.2, 0) is 9.53 Å². The first-order valence-electron chi connectivity index (χ1n) is 13.8. The molecule has 2 aromatic rings. The Morgan fingerprint density at radius 1 is 1.13 bits per heavy atom. The zero-order valence-corrected chi connectivity index (χ0v) is 24.1. The number of carbonyl (C=O) groups excluding carboxylic acids is 1. The van der Waals surface area contributed by atoms with Gasteiger partial charge in [0.15, 0.2) is 0 Å². The molecular weight excluding hydrogens is 477 g/mol. The SMILES string of the molecule is C/C=C(\NCCC)C(=O)NCCC1CC(OCC(C)(C)C)=C(c2c(C)cc(-c3ccc(F)cn3)cc2C)C1. The van der Waals surface area contributed by atoms with E-state index in [1.165, 1.54) is 23.4 Å². The lowest BCUT2D eigenvalue weighted by molar-refractivity contribution is -0.117. The summed E-state index contributed by atoms with van der Waals surface area (Å²) < 4.78 is 19.8. The van der Waals surface area contributed by atoms with Gasteiger partial charge in [0.05, 0.1) is 24.2 Å². The molecule has 206 valence electrons. The molecule has 1 heterocycles. The van der Waals surface area contributed by atoms with Crippen LogP contribution in [0.1, 0.15) is 77.0 Å². The van der Waals surface area contributed by atoms with Crippen molar-refractivity contribution in [2.45, 2.75) is 74.1 Å². The molecule has 1 aromatic heterocycles. The van der Waals surface area contributed by atoms with Gasteiger partial charge in [-0.15, -0.1) is 0 Å². The Bertz CT molecular complexity index is 1150. The van der Waals surface area contributed by atoms with Crippen LogP contribution < -0.4 is 10.6 Å². The Morgan fingerprint density at radius 3 is 2.42 bits per heavy atom. The molecule has 1 atom stereocenters. The van der Waals surface area contributed by atoms with E-state index in [1.54, 1.807) is 6.07 Å². The number of hydrogen-bond acceptors (Lipinski definition) is 4. The largest absolute Gasteiger partial charge is 0.497 e. The first-order chi connectivity index (χ1) is 18.0. The zero-order chi connectivity index (χ0) is 27.9. The van der Waals surface area contributed by atoms with Gasteiger partial charge in [-0.2, -0.15) is 0 Å². The van der Waals surface area contributed by atoms with Gasteiger partial charge in [-0.05, 0) is 97.9 Å². The van der Waals surface area contributed by atoms with E-state index in [-0.39, 0.29) is 17.1 Å². The van der Waals surface area contributed by atoms with Gasteiger partial charge in [0.2, 0.25) is 0 Å². The van der Waals surface area contributed by atoms with Crippen LogP contribution in [-0.4, -0.2) is 30.6 Å². The van der Waals surface area contributed by atoms with Gasteiger partial charge in [0, 0.05) is 25.1 Å². The molecule has 0 radical (unpaired) electrons. The van der Waals surface area contributed by atoms with Crippen LogP contribution in [0.4, 0.5) is 4.39 Å². The average molecular weight is 522 g/mol. The number of pyridine rings is 1. The summed E-state index contributed by atoms with van der Waals surface area (Å²) in [5.74, 6) is 1.08. The van der Waals surface area contributed by atoms with E-state index in [0.29, 0.717) is 24.8 Å². The summed E-state index contributed by atoms with van der Waals surface area (Å²) in [7, 11) is 0. The minimum atomic E-state index is -0.336. The molecule has 0 spiro atoms. The maximum absolute atomic E-state index is 13.4. The molecule has 6 heteroatoms. The molecule has 0 saturated carbocycles. The van der Waals surface area contributed by atoms with Crippen LogP contribution in [0.2, 0.25) is 0 Å². The van der Waals surface area contributed by atoms with Gasteiger partial charge < -0.3 is 15.4 Å². The molecule has 5 nitrogen and oxygen atoms in total. The number of allylic oxidation sites excluding steroid dienone is 3. The second-order valence-corrected chi connectivity index (χ2v) is 11.5. The first kappa shape index (κ1) is 29.4. The van der Waals surface area contributed by atoms with Crippen molar-refractivity contribution in [2.24, 2.45) is 11.3 Å². The van der Waals surface area contributed by atoms with Crippen molar-refractivity contribution in [3.05, 3.63) is 70.5 Å². The van der Waals surface area contributed by atoms with Crippen LogP contribution in [0.15, 0.2) is 48.0 Å². The molecule has 0 bridgehead atoms. The number of carbonyl (C=O) groups is 1. The Hall–Kier alpha value is -3.15. The van der Waals surface area contributed by atoms with E-state index in [1.807, 2.05) is 13.0 Å². The molecule has 1 aliphatic carbocycles. The average Bonchev–Trinajstić information content (AvgIpc) is 3.25. The third kappa shape index (κ3) is 7.92. The fourth-order valence-electron chi connectivity index (χ4n) is 4.95. The van der Waals surface area contributed by atoms with Crippen molar-refractivity contribution in [1.82, 2.24) is 15.6 Å². The summed E-state index contributed by atoms with van der Waals surface area (Å²) in [5.41, 5.74) is 7.24. The lowest BCUT2D eigenvalue weighted by Gasteiger charge is -2.21. The molecule has 1 aliphatic rings. The van der Waals surface area contributed by atoms with Crippen LogP contribution in [0, 0.1) is 31.0 Å². The fourth-order valence-corrected chi connectivity index (χ4v) is 4.95. The molecule has 38 heavy (non-hydrogen) atoms. The number of halogens is 1. The van der Waals surface area contributed by atoms with Gasteiger partial charge in [-0.25, -0.2) is 4.39 Å². The number of aryl methyl sites for hydroxylation is 2. The third-order valence-electron chi connectivity index (χ3n) is 6.78. The van der Waals surface area contributed by atoms with Crippen LogP contribution >= 0.6 is 0 Å². The third-order valence-corrected chi connectivity index (χ3v) is 6.78. The Balaban J connectivity index is 1.78. The maximum atomic E-state index is 13.4. The standard InChI is InChI=1S/C32H44FN3O2/c1-8-13-34-27(9-2)31(37)35-14-12-23-17-26(29(18-23)38-20-32(5,6)7)30-21(3)15-24(16-22(30)4)28-11-10-25(33)19-36-28/h9-11,15-16,19,23,34H,8,12-14,17-18,20H2,1-7H3,(H,35,37)/b27-9-. The summed E-state index contributed by atoms with van der Waals surface area (Å²) >= 11 is 0. The van der Waals surface area contributed by atoms with Gasteiger partial charge in [0.25, 0.3) is 5.91 Å². The lowest BCUT2D eigenvalue weighted by Crippen LogP contribution is -2.33. The normalized spacial score (nSPS) is 16.1. The molecule has 2 N–H and O–H groups in total. The monoisotopic (exact) mass is 521 g/mol. The van der Waals surface area contributed by atoms with Gasteiger partial charge in [-0.1, -0.05) is 33.8 Å². The highest BCUT2D eigenvalue weighted by atomic mass is 19.1. The Morgan fingerprint density at radius 2 is 1.84 bits per heavy atom. The number of nitrogens with zero attached hydrogens (tertiary/aromatic N) is 1. The minimum Gasteiger partial charge on any atom is -0.497 e. The number of rotatable bonds is 11. The highest BCUT2D eigenvalue weighted by Crippen LogP contribution is 2.43. The van der Waals surface area contributed by atoms with Crippen molar-refractivity contribution < 1.29 is 13.9 Å². The molecule has 1 unspecified atom stereocenters. The van der Waals surface area contributed by atoms with E-state index in [2.05, 4.69) is 69.3 Å². The molecular formula is C32H44FN3O2.